The molecule has 0 amide bonds. The lowest BCUT2D eigenvalue weighted by Crippen LogP contribution is -1.96. The lowest BCUT2D eigenvalue weighted by Gasteiger charge is -2.00. The molecule has 2 aromatic rings. The van der Waals surface area contributed by atoms with Crippen LogP contribution >= 0.6 is 0 Å². The van der Waals surface area contributed by atoms with Crippen LogP contribution in [0.4, 0.5) is 11.6 Å². The Balaban J connectivity index is 2.10. The van der Waals surface area contributed by atoms with Crippen molar-refractivity contribution in [3.8, 4) is 6.01 Å². The van der Waals surface area contributed by atoms with E-state index in [4.69, 9.17) is 4.74 Å². The van der Waals surface area contributed by atoms with Crippen LogP contribution in [0.2, 0.25) is 0 Å². The molecule has 14 heavy (non-hydrogen) atoms. The zero-order chi connectivity index (χ0) is 9.80. The summed E-state index contributed by atoms with van der Waals surface area (Å²) in [5, 5.41) is 16.0. The molecule has 0 bridgehead atoms. The lowest BCUT2D eigenvalue weighted by atomic mass is 10.5. The molecule has 2 N–H and O–H groups in total. The van der Waals surface area contributed by atoms with Crippen molar-refractivity contribution in [1.29, 1.82) is 0 Å². The van der Waals surface area contributed by atoms with Gasteiger partial charge in [-0.3, -0.25) is 0 Å². The molecule has 0 aliphatic rings. The molecule has 72 valence electrons. The Morgan fingerprint density at radius 1 is 1.36 bits per heavy atom. The number of rotatable bonds is 3. The van der Waals surface area contributed by atoms with E-state index in [2.05, 4.69) is 35.9 Å². The van der Waals surface area contributed by atoms with Gasteiger partial charge >= 0.3 is 6.01 Å². The molecule has 0 fully saturated rings. The first-order chi connectivity index (χ1) is 6.88. The van der Waals surface area contributed by atoms with Gasteiger partial charge in [-0.1, -0.05) is 5.10 Å². The van der Waals surface area contributed by atoms with Crippen LogP contribution in [0.15, 0.2) is 12.4 Å². The van der Waals surface area contributed by atoms with Gasteiger partial charge in [0.2, 0.25) is 0 Å². The third kappa shape index (κ3) is 1.73. The maximum Gasteiger partial charge on any atom is 0.316 e. The van der Waals surface area contributed by atoms with Gasteiger partial charge in [0.15, 0.2) is 0 Å². The molecule has 0 atom stereocenters. The first kappa shape index (κ1) is 8.35. The highest BCUT2D eigenvalue weighted by molar-refractivity contribution is 5.49. The number of nitrogens with zero attached hydrogens (tertiary/aromatic N) is 5. The number of tetrazole rings is 1. The number of ether oxygens (including phenoxy) is 1. The molecule has 0 saturated carbocycles. The predicted octanol–water partition coefficient (Wildman–Crippen LogP) is -0.258. The van der Waals surface area contributed by atoms with Crippen molar-refractivity contribution in [1.82, 2.24) is 30.6 Å². The maximum absolute atomic E-state index is 4.80. The molecule has 0 unspecified atom stereocenters. The van der Waals surface area contributed by atoms with Crippen LogP contribution in [0.25, 0.3) is 0 Å². The van der Waals surface area contributed by atoms with Crippen LogP contribution in [0.5, 0.6) is 6.01 Å². The highest BCUT2D eigenvalue weighted by atomic mass is 16.5. The molecule has 8 nitrogen and oxygen atoms in total. The highest BCUT2D eigenvalue weighted by Crippen LogP contribution is 2.10. The summed E-state index contributed by atoms with van der Waals surface area (Å²) in [6.07, 6.45) is 3.12. The van der Waals surface area contributed by atoms with E-state index in [9.17, 15) is 0 Å². The Morgan fingerprint density at radius 2 is 2.14 bits per heavy atom. The van der Waals surface area contributed by atoms with E-state index in [1.165, 1.54) is 7.11 Å². The van der Waals surface area contributed by atoms with E-state index in [0.717, 1.165) is 0 Å². The number of aromatic amines is 1. The van der Waals surface area contributed by atoms with Crippen LogP contribution in [0.3, 0.4) is 0 Å². The third-order valence-electron chi connectivity index (χ3n) is 1.41. The quantitative estimate of drug-likeness (QED) is 0.692. The average Bonchev–Trinajstić information content (AvgIpc) is 2.72. The summed E-state index contributed by atoms with van der Waals surface area (Å²) in [7, 11) is 1.50. The van der Waals surface area contributed by atoms with E-state index >= 15 is 0 Å². The summed E-state index contributed by atoms with van der Waals surface area (Å²) in [5.74, 6) is 0.360. The summed E-state index contributed by atoms with van der Waals surface area (Å²) in [4.78, 5) is 7.79. The van der Waals surface area contributed by atoms with Gasteiger partial charge in [-0.05, 0) is 5.21 Å². The summed E-state index contributed by atoms with van der Waals surface area (Å²) in [6.45, 7) is 0. The van der Waals surface area contributed by atoms with Gasteiger partial charge in [0, 0.05) is 0 Å². The topological polar surface area (TPSA) is 102 Å². The van der Waals surface area contributed by atoms with Gasteiger partial charge in [0.25, 0.3) is 5.95 Å². The Kier molecular flexibility index (Phi) is 2.17. The van der Waals surface area contributed by atoms with E-state index in [0.29, 0.717) is 17.6 Å². The summed E-state index contributed by atoms with van der Waals surface area (Å²) in [6, 6.07) is 0.309. The molecule has 2 rings (SSSR count). The van der Waals surface area contributed by atoms with Crippen molar-refractivity contribution in [2.75, 3.05) is 12.4 Å². The molecule has 2 aromatic heterocycles. The Morgan fingerprint density at radius 3 is 2.71 bits per heavy atom. The minimum Gasteiger partial charge on any atom is -0.467 e. The number of nitrogens with one attached hydrogen (secondary N) is 2. The van der Waals surface area contributed by atoms with E-state index in [1.54, 1.807) is 12.4 Å². The molecule has 0 saturated heterocycles. The number of aromatic nitrogens is 6. The smallest absolute Gasteiger partial charge is 0.316 e. The minimum atomic E-state index is 0.309. The highest BCUT2D eigenvalue weighted by Gasteiger charge is 1.99. The first-order valence-corrected chi connectivity index (χ1v) is 3.75. The third-order valence-corrected chi connectivity index (χ3v) is 1.41. The van der Waals surface area contributed by atoms with E-state index in [1.807, 2.05) is 0 Å². The number of hydrogen-bond donors (Lipinski definition) is 2. The molecule has 2 heterocycles. The van der Waals surface area contributed by atoms with Crippen molar-refractivity contribution >= 4 is 11.6 Å². The molecule has 0 aliphatic heterocycles. The van der Waals surface area contributed by atoms with Crippen molar-refractivity contribution in [3.05, 3.63) is 12.4 Å². The maximum atomic E-state index is 4.80. The largest absolute Gasteiger partial charge is 0.467 e. The fourth-order valence-corrected chi connectivity index (χ4v) is 0.830. The number of methoxy groups -OCH3 is 1. The molecule has 0 aliphatic carbocycles. The second kappa shape index (κ2) is 3.64. The van der Waals surface area contributed by atoms with Crippen LogP contribution in [0.1, 0.15) is 0 Å². The van der Waals surface area contributed by atoms with E-state index in [-0.39, 0.29) is 0 Å². The zero-order valence-corrected chi connectivity index (χ0v) is 7.30. The standard InChI is InChI=1S/C6H7N7O/c1-14-6-7-2-4(3-8-6)9-5-10-12-13-11-5/h2-3H,1H3,(H2,9,10,11,12,13). The van der Waals surface area contributed by atoms with Crippen LogP contribution in [-0.4, -0.2) is 37.7 Å². The molecular formula is C6H7N7O. The number of H-pyrrole nitrogens is 1. The van der Waals surface area contributed by atoms with Crippen molar-refractivity contribution in [2.45, 2.75) is 0 Å². The van der Waals surface area contributed by atoms with Crippen LogP contribution in [0, 0.1) is 0 Å². The van der Waals surface area contributed by atoms with Gasteiger partial charge in [-0.2, -0.15) is 5.21 Å². The van der Waals surface area contributed by atoms with E-state index < -0.39 is 0 Å². The van der Waals surface area contributed by atoms with Gasteiger partial charge in [0.1, 0.15) is 0 Å². The van der Waals surface area contributed by atoms with Gasteiger partial charge in [-0.15, -0.1) is 5.10 Å². The minimum absolute atomic E-state index is 0.309. The van der Waals surface area contributed by atoms with Gasteiger partial charge < -0.3 is 10.1 Å². The molecule has 0 aromatic carbocycles. The Bertz CT molecular complexity index is 383. The normalized spacial score (nSPS) is 9.79. The van der Waals surface area contributed by atoms with Gasteiger partial charge in [0.05, 0.1) is 25.2 Å². The monoisotopic (exact) mass is 193 g/mol. The van der Waals surface area contributed by atoms with Crippen LogP contribution < -0.4 is 10.1 Å². The summed E-state index contributed by atoms with van der Waals surface area (Å²) >= 11 is 0. The molecular weight excluding hydrogens is 186 g/mol. The predicted molar refractivity (Wildman–Crippen MR) is 46.0 cm³/mol. The van der Waals surface area contributed by atoms with Crippen molar-refractivity contribution in [3.63, 3.8) is 0 Å². The van der Waals surface area contributed by atoms with Gasteiger partial charge in [-0.25, -0.2) is 9.97 Å². The number of anilines is 2. The summed E-state index contributed by atoms with van der Waals surface area (Å²) < 4.78 is 4.80. The molecule has 0 spiro atoms. The Hall–Kier alpha value is -2.25. The Labute approximate surface area is 78.7 Å². The first-order valence-electron chi connectivity index (χ1n) is 3.75. The second-order valence-electron chi connectivity index (χ2n) is 2.32. The number of hydrogen-bond acceptors (Lipinski definition) is 7. The fraction of sp³-hybridized carbons (Fsp3) is 0.167. The summed E-state index contributed by atoms with van der Waals surface area (Å²) in [5.41, 5.74) is 0.659. The molecule has 0 radical (unpaired) electrons. The average molecular weight is 193 g/mol. The zero-order valence-electron chi connectivity index (χ0n) is 7.30. The van der Waals surface area contributed by atoms with Crippen LogP contribution in [-0.2, 0) is 0 Å². The second-order valence-corrected chi connectivity index (χ2v) is 2.32. The SMILES string of the molecule is COc1ncc(Nc2nn[nH]n2)cn1. The lowest BCUT2D eigenvalue weighted by molar-refractivity contribution is 0.380. The fourth-order valence-electron chi connectivity index (χ4n) is 0.830. The van der Waals surface area contributed by atoms with Crippen molar-refractivity contribution < 1.29 is 4.74 Å². The molecule has 8 heteroatoms. The van der Waals surface area contributed by atoms with Crippen molar-refractivity contribution in [2.24, 2.45) is 0 Å².